The van der Waals surface area contributed by atoms with Crippen LogP contribution < -0.4 is 4.74 Å². The normalized spacial score (nSPS) is 22.6. The number of thiazole rings is 1. The molecule has 2 fully saturated rings. The van der Waals surface area contributed by atoms with Crippen molar-refractivity contribution in [3.63, 3.8) is 0 Å². The molecular weight excluding hydrogens is 436 g/mol. The fourth-order valence-electron chi connectivity index (χ4n) is 6.31. The van der Waals surface area contributed by atoms with Crippen molar-refractivity contribution in [1.82, 2.24) is 19.8 Å². The molecule has 3 aliphatic rings. The number of carbonyl (C=O) groups excluding carboxylic acids is 1. The van der Waals surface area contributed by atoms with Crippen LogP contribution in [-0.4, -0.2) is 64.1 Å². The SMILES string of the molecule is COc1ccc2c3c([nH]c2c1)[C@H](CO)N(Cc1nccs1)CC31CN(C(=O)C2CCCC2)C1. The van der Waals surface area contributed by atoms with Crippen LogP contribution in [0.15, 0.2) is 29.8 Å². The Morgan fingerprint density at radius 2 is 2.12 bits per heavy atom. The minimum absolute atomic E-state index is 0.0309. The van der Waals surface area contributed by atoms with Gasteiger partial charge >= 0.3 is 0 Å². The van der Waals surface area contributed by atoms with Gasteiger partial charge in [-0.2, -0.15) is 0 Å². The van der Waals surface area contributed by atoms with Gasteiger partial charge in [0.1, 0.15) is 10.8 Å². The number of methoxy groups -OCH3 is 1. The number of fused-ring (bicyclic) bond motifs is 4. The molecule has 1 spiro atoms. The number of aromatic nitrogens is 2. The first-order chi connectivity index (χ1) is 16.1. The molecule has 2 N–H and O–H groups in total. The summed E-state index contributed by atoms with van der Waals surface area (Å²) in [5.74, 6) is 1.34. The van der Waals surface area contributed by atoms with Gasteiger partial charge in [0.25, 0.3) is 0 Å². The molecular formula is C25H30N4O3S. The summed E-state index contributed by atoms with van der Waals surface area (Å²) in [5.41, 5.74) is 3.22. The lowest BCUT2D eigenvalue weighted by atomic mass is 9.68. The van der Waals surface area contributed by atoms with E-state index in [2.05, 4.69) is 25.8 Å². The number of likely N-dealkylation sites (tertiary alicyclic amines) is 1. The number of rotatable bonds is 5. The van der Waals surface area contributed by atoms with Crippen LogP contribution in [0.25, 0.3) is 10.9 Å². The Morgan fingerprint density at radius 1 is 1.30 bits per heavy atom. The number of hydrogen-bond acceptors (Lipinski definition) is 6. The maximum absolute atomic E-state index is 13.1. The Kier molecular flexibility index (Phi) is 5.19. The Hall–Kier alpha value is -2.42. The molecule has 4 heterocycles. The standard InChI is InChI=1S/C25H30N4O3S/c1-32-17-6-7-18-19(10-17)27-23-20(12-30)28(11-21-26-8-9-33-21)13-25(22(18)23)14-29(15-25)24(31)16-4-2-3-5-16/h6-10,16,20,27,30H,2-5,11-15H2,1H3/t20-/m0/s1. The van der Waals surface area contributed by atoms with E-state index in [4.69, 9.17) is 4.74 Å². The third-order valence-corrected chi connectivity index (χ3v) is 8.61. The highest BCUT2D eigenvalue weighted by Gasteiger charge is 2.54. The maximum atomic E-state index is 13.1. The van der Waals surface area contributed by atoms with E-state index in [9.17, 15) is 9.90 Å². The van der Waals surface area contributed by atoms with Crippen molar-refractivity contribution in [2.75, 3.05) is 33.4 Å². The summed E-state index contributed by atoms with van der Waals surface area (Å²) in [4.78, 5) is 25.7. The van der Waals surface area contributed by atoms with E-state index >= 15 is 0 Å². The van der Waals surface area contributed by atoms with Gasteiger partial charge in [-0.05, 0) is 30.5 Å². The second-order valence-corrected chi connectivity index (χ2v) is 10.8. The van der Waals surface area contributed by atoms with Crippen molar-refractivity contribution in [1.29, 1.82) is 0 Å². The topological polar surface area (TPSA) is 81.7 Å². The molecule has 2 aromatic heterocycles. The minimum atomic E-state index is -0.140. The Morgan fingerprint density at radius 3 is 2.82 bits per heavy atom. The van der Waals surface area contributed by atoms with E-state index in [-0.39, 0.29) is 24.0 Å². The van der Waals surface area contributed by atoms with Crippen molar-refractivity contribution >= 4 is 28.1 Å². The maximum Gasteiger partial charge on any atom is 0.225 e. The van der Waals surface area contributed by atoms with Crippen LogP contribution in [0.3, 0.4) is 0 Å². The summed E-state index contributed by atoms with van der Waals surface area (Å²) < 4.78 is 5.46. The first kappa shape index (κ1) is 21.1. The zero-order chi connectivity index (χ0) is 22.6. The van der Waals surface area contributed by atoms with E-state index in [1.807, 2.05) is 23.7 Å². The fraction of sp³-hybridized carbons (Fsp3) is 0.520. The van der Waals surface area contributed by atoms with E-state index in [1.54, 1.807) is 18.4 Å². The number of nitrogens with one attached hydrogen (secondary N) is 1. The predicted molar refractivity (Wildman–Crippen MR) is 127 cm³/mol. The second-order valence-electron chi connectivity index (χ2n) is 9.81. The molecule has 2 aliphatic heterocycles. The van der Waals surface area contributed by atoms with Crippen LogP contribution in [-0.2, 0) is 16.8 Å². The quantitative estimate of drug-likeness (QED) is 0.602. The molecule has 1 atom stereocenters. The first-order valence-electron chi connectivity index (χ1n) is 11.8. The number of aliphatic hydroxyl groups is 1. The number of nitrogens with zero attached hydrogens (tertiary/aromatic N) is 3. The Bertz CT molecular complexity index is 1160. The summed E-state index contributed by atoms with van der Waals surface area (Å²) in [6.07, 6.45) is 6.24. The molecule has 0 radical (unpaired) electrons. The van der Waals surface area contributed by atoms with Crippen LogP contribution in [0.5, 0.6) is 5.75 Å². The molecule has 1 aliphatic carbocycles. The molecule has 8 heteroatoms. The lowest BCUT2D eigenvalue weighted by molar-refractivity contribution is -0.145. The number of aliphatic hydroxyl groups excluding tert-OH is 1. The van der Waals surface area contributed by atoms with Gasteiger partial charge in [0.2, 0.25) is 5.91 Å². The van der Waals surface area contributed by atoms with Crippen LogP contribution in [0.2, 0.25) is 0 Å². The average Bonchev–Trinajstić information content (AvgIpc) is 3.57. The van der Waals surface area contributed by atoms with Crippen LogP contribution in [0.1, 0.15) is 48.0 Å². The van der Waals surface area contributed by atoms with Crippen molar-refractivity contribution < 1.29 is 14.6 Å². The van der Waals surface area contributed by atoms with Crippen molar-refractivity contribution in [3.8, 4) is 5.75 Å². The molecule has 1 amide bonds. The van der Waals surface area contributed by atoms with Crippen LogP contribution in [0.4, 0.5) is 0 Å². The summed E-state index contributed by atoms with van der Waals surface area (Å²) in [6, 6.07) is 6.02. The van der Waals surface area contributed by atoms with E-state index in [1.165, 1.54) is 23.8 Å². The minimum Gasteiger partial charge on any atom is -0.497 e. The molecule has 1 saturated heterocycles. The number of carbonyl (C=O) groups is 1. The lowest BCUT2D eigenvalue weighted by Gasteiger charge is -2.56. The lowest BCUT2D eigenvalue weighted by Crippen LogP contribution is -2.68. The molecule has 1 aromatic carbocycles. The van der Waals surface area contributed by atoms with Crippen molar-refractivity contribution in [2.45, 2.75) is 43.7 Å². The zero-order valence-corrected chi connectivity index (χ0v) is 19.7. The molecule has 0 bridgehead atoms. The van der Waals surface area contributed by atoms with Gasteiger partial charge in [-0.3, -0.25) is 9.69 Å². The first-order valence-corrected chi connectivity index (χ1v) is 12.7. The van der Waals surface area contributed by atoms with E-state index in [0.29, 0.717) is 12.5 Å². The third kappa shape index (κ3) is 3.38. The summed E-state index contributed by atoms with van der Waals surface area (Å²) in [5, 5.41) is 14.7. The number of ether oxygens (including phenoxy) is 1. The average molecular weight is 467 g/mol. The monoisotopic (exact) mass is 466 g/mol. The van der Waals surface area contributed by atoms with E-state index < -0.39 is 0 Å². The number of hydrogen-bond donors (Lipinski definition) is 2. The Labute approximate surface area is 197 Å². The third-order valence-electron chi connectivity index (χ3n) is 7.84. The van der Waals surface area contributed by atoms with Crippen molar-refractivity contribution in [3.05, 3.63) is 46.0 Å². The molecule has 174 valence electrons. The van der Waals surface area contributed by atoms with Gasteiger partial charge in [-0.15, -0.1) is 11.3 Å². The highest BCUT2D eigenvalue weighted by Crippen LogP contribution is 2.49. The summed E-state index contributed by atoms with van der Waals surface area (Å²) in [6.45, 7) is 3.00. The molecule has 7 nitrogen and oxygen atoms in total. The highest BCUT2D eigenvalue weighted by molar-refractivity contribution is 7.09. The van der Waals surface area contributed by atoms with Gasteiger partial charge in [0.05, 0.1) is 26.3 Å². The molecule has 3 aromatic rings. The van der Waals surface area contributed by atoms with Gasteiger partial charge < -0.3 is 19.7 Å². The smallest absolute Gasteiger partial charge is 0.225 e. The largest absolute Gasteiger partial charge is 0.497 e. The number of amides is 1. The van der Waals surface area contributed by atoms with Crippen LogP contribution in [0, 0.1) is 5.92 Å². The zero-order valence-electron chi connectivity index (χ0n) is 18.9. The van der Waals surface area contributed by atoms with Crippen molar-refractivity contribution in [2.24, 2.45) is 5.92 Å². The molecule has 0 unspecified atom stereocenters. The predicted octanol–water partition coefficient (Wildman–Crippen LogP) is 3.45. The van der Waals surface area contributed by atoms with Gasteiger partial charge in [-0.1, -0.05) is 12.8 Å². The molecule has 33 heavy (non-hydrogen) atoms. The summed E-state index contributed by atoms with van der Waals surface area (Å²) in [7, 11) is 1.68. The number of aromatic amines is 1. The van der Waals surface area contributed by atoms with Gasteiger partial charge in [0, 0.05) is 65.2 Å². The van der Waals surface area contributed by atoms with E-state index in [0.717, 1.165) is 54.4 Å². The number of H-pyrrole nitrogens is 1. The van der Waals surface area contributed by atoms with Gasteiger partial charge in [0.15, 0.2) is 0 Å². The highest BCUT2D eigenvalue weighted by atomic mass is 32.1. The Balaban J connectivity index is 1.40. The fourth-order valence-corrected chi connectivity index (χ4v) is 6.95. The molecule has 6 rings (SSSR count). The van der Waals surface area contributed by atoms with Crippen LogP contribution >= 0.6 is 11.3 Å². The summed E-state index contributed by atoms with van der Waals surface area (Å²) >= 11 is 1.64. The second kappa shape index (κ2) is 8.11. The number of benzene rings is 1. The molecule has 1 saturated carbocycles. The van der Waals surface area contributed by atoms with Gasteiger partial charge in [-0.25, -0.2) is 4.98 Å².